The average molecular weight is 368 g/mol. The van der Waals surface area contributed by atoms with Crippen LogP contribution in [0.1, 0.15) is 41.3 Å². The Bertz CT molecular complexity index is 834. The lowest BCUT2D eigenvalue weighted by Gasteiger charge is -2.39. The van der Waals surface area contributed by atoms with E-state index < -0.39 is 11.2 Å². The summed E-state index contributed by atoms with van der Waals surface area (Å²) < 4.78 is 13.4. The van der Waals surface area contributed by atoms with Crippen molar-refractivity contribution in [2.75, 3.05) is 13.1 Å². The van der Waals surface area contributed by atoms with E-state index in [-0.39, 0.29) is 11.8 Å². The fourth-order valence-electron chi connectivity index (χ4n) is 3.50. The van der Waals surface area contributed by atoms with Crippen LogP contribution >= 0.6 is 0 Å². The van der Waals surface area contributed by atoms with Crippen LogP contribution in [0.4, 0.5) is 4.39 Å². The Morgan fingerprint density at radius 1 is 1.19 bits per heavy atom. The summed E-state index contributed by atoms with van der Waals surface area (Å²) in [6.45, 7) is 5.29. The molecular formula is C22H25FN2O2. The predicted octanol–water partition coefficient (Wildman–Crippen LogP) is 3.69. The highest BCUT2D eigenvalue weighted by Crippen LogP contribution is 2.30. The molecule has 0 spiro atoms. The average Bonchev–Trinajstić information content (AvgIpc) is 2.66. The molecule has 3 rings (SSSR count). The zero-order valence-corrected chi connectivity index (χ0v) is 15.8. The Kier molecular flexibility index (Phi) is 5.59. The maximum absolute atomic E-state index is 13.4. The minimum Gasteiger partial charge on any atom is -0.351 e. The lowest BCUT2D eigenvalue weighted by atomic mass is 9.80. The molecule has 4 nitrogen and oxygen atoms in total. The van der Waals surface area contributed by atoms with Gasteiger partial charge in [0.2, 0.25) is 5.91 Å². The van der Waals surface area contributed by atoms with Crippen LogP contribution in [0.2, 0.25) is 0 Å². The first kappa shape index (κ1) is 19.1. The van der Waals surface area contributed by atoms with Gasteiger partial charge in [-0.15, -0.1) is 0 Å². The molecule has 2 amide bonds. The fraction of sp³-hybridized carbons (Fsp3) is 0.364. The molecule has 0 aromatic heterocycles. The normalized spacial score (nSPS) is 19.6. The fourth-order valence-corrected chi connectivity index (χ4v) is 3.50. The van der Waals surface area contributed by atoms with E-state index in [0.29, 0.717) is 25.2 Å². The van der Waals surface area contributed by atoms with Crippen LogP contribution in [-0.2, 0) is 11.3 Å². The van der Waals surface area contributed by atoms with E-state index in [9.17, 15) is 14.0 Å². The second-order valence-electron chi connectivity index (χ2n) is 7.57. The molecule has 5 heteroatoms. The number of aryl methyl sites for hydroxylation is 1. The van der Waals surface area contributed by atoms with Crippen LogP contribution in [0.15, 0.2) is 48.5 Å². The quantitative estimate of drug-likeness (QED) is 0.895. The largest absolute Gasteiger partial charge is 0.351 e. The summed E-state index contributed by atoms with van der Waals surface area (Å²) in [5.74, 6) is -0.719. The molecule has 1 heterocycles. The van der Waals surface area contributed by atoms with Gasteiger partial charge in [0.1, 0.15) is 5.82 Å². The molecule has 0 unspecified atom stereocenters. The number of halogens is 1. The van der Waals surface area contributed by atoms with Crippen molar-refractivity contribution in [2.45, 2.75) is 33.2 Å². The number of nitrogens with one attached hydrogen (secondary N) is 1. The summed E-state index contributed by atoms with van der Waals surface area (Å²) in [5, 5.41) is 3.00. The van der Waals surface area contributed by atoms with Crippen LogP contribution in [0.3, 0.4) is 0 Å². The highest BCUT2D eigenvalue weighted by molar-refractivity contribution is 5.95. The molecule has 0 saturated carbocycles. The number of benzene rings is 2. The van der Waals surface area contributed by atoms with E-state index in [2.05, 4.69) is 5.32 Å². The smallest absolute Gasteiger partial charge is 0.253 e. The van der Waals surface area contributed by atoms with Gasteiger partial charge in [-0.25, -0.2) is 4.39 Å². The van der Waals surface area contributed by atoms with Crippen molar-refractivity contribution < 1.29 is 14.0 Å². The summed E-state index contributed by atoms with van der Waals surface area (Å²) in [5.41, 5.74) is 1.89. The van der Waals surface area contributed by atoms with Crippen molar-refractivity contribution in [1.82, 2.24) is 10.2 Å². The molecule has 2 aromatic rings. The second kappa shape index (κ2) is 7.91. The number of amides is 2. The third-order valence-corrected chi connectivity index (χ3v) is 5.18. The third kappa shape index (κ3) is 4.54. The highest BCUT2D eigenvalue weighted by atomic mass is 19.1. The summed E-state index contributed by atoms with van der Waals surface area (Å²) in [6, 6.07) is 13.7. The molecule has 1 saturated heterocycles. The van der Waals surface area contributed by atoms with Gasteiger partial charge >= 0.3 is 0 Å². The summed E-state index contributed by atoms with van der Waals surface area (Å²) in [7, 11) is 0. The number of hydrogen-bond donors (Lipinski definition) is 1. The number of carbonyl (C=O) groups is 2. The Hall–Kier alpha value is -2.69. The van der Waals surface area contributed by atoms with Gasteiger partial charge in [0.15, 0.2) is 0 Å². The molecule has 0 radical (unpaired) electrons. The Labute approximate surface area is 159 Å². The van der Waals surface area contributed by atoms with Gasteiger partial charge in [-0.3, -0.25) is 9.59 Å². The highest BCUT2D eigenvalue weighted by Gasteiger charge is 2.39. The molecular weight excluding hydrogens is 343 g/mol. The molecule has 0 aliphatic carbocycles. The minimum atomic E-state index is -0.647. The van der Waals surface area contributed by atoms with Crippen LogP contribution in [0, 0.1) is 18.2 Å². The number of hydrogen-bond acceptors (Lipinski definition) is 2. The van der Waals surface area contributed by atoms with Gasteiger partial charge in [0, 0.05) is 25.2 Å². The lowest BCUT2D eigenvalue weighted by molar-refractivity contribution is -0.132. The van der Waals surface area contributed by atoms with Gasteiger partial charge in [0.05, 0.1) is 5.41 Å². The Morgan fingerprint density at radius 3 is 2.63 bits per heavy atom. The predicted molar refractivity (Wildman–Crippen MR) is 103 cm³/mol. The molecule has 1 atom stereocenters. The first-order valence-corrected chi connectivity index (χ1v) is 9.26. The first-order valence-electron chi connectivity index (χ1n) is 9.26. The molecule has 1 fully saturated rings. The second-order valence-corrected chi connectivity index (χ2v) is 7.57. The van der Waals surface area contributed by atoms with E-state index in [1.807, 2.05) is 38.1 Å². The SMILES string of the molecule is Cc1ccc(CNC(=O)[C@@]2(C)CCCN(C(=O)c3cccc(F)c3)C2)cc1. The van der Waals surface area contributed by atoms with Gasteiger partial charge < -0.3 is 10.2 Å². The van der Waals surface area contributed by atoms with Crippen molar-refractivity contribution in [3.05, 3.63) is 71.0 Å². The van der Waals surface area contributed by atoms with Gasteiger partial charge in [-0.05, 0) is 50.5 Å². The number of carbonyl (C=O) groups excluding carboxylic acids is 2. The third-order valence-electron chi connectivity index (χ3n) is 5.18. The van der Waals surface area contributed by atoms with Crippen LogP contribution in [0.5, 0.6) is 0 Å². The van der Waals surface area contributed by atoms with Crippen LogP contribution in [0.25, 0.3) is 0 Å². The van der Waals surface area contributed by atoms with Crippen molar-refractivity contribution in [2.24, 2.45) is 5.41 Å². The summed E-state index contributed by atoms with van der Waals surface area (Å²) in [4.78, 5) is 27.2. The molecule has 2 aromatic carbocycles. The van der Waals surface area contributed by atoms with E-state index in [4.69, 9.17) is 0 Å². The molecule has 1 N–H and O–H groups in total. The minimum absolute atomic E-state index is 0.0557. The molecule has 1 aliphatic rings. The van der Waals surface area contributed by atoms with E-state index >= 15 is 0 Å². The van der Waals surface area contributed by atoms with Crippen molar-refractivity contribution in [3.63, 3.8) is 0 Å². The number of nitrogens with zero attached hydrogens (tertiary/aromatic N) is 1. The summed E-state index contributed by atoms with van der Waals surface area (Å²) >= 11 is 0. The van der Waals surface area contributed by atoms with Gasteiger partial charge in [-0.2, -0.15) is 0 Å². The maximum atomic E-state index is 13.4. The number of rotatable bonds is 4. The van der Waals surface area contributed by atoms with E-state index in [0.717, 1.165) is 18.4 Å². The van der Waals surface area contributed by atoms with Gasteiger partial charge in [0.25, 0.3) is 5.91 Å². The molecule has 142 valence electrons. The van der Waals surface area contributed by atoms with Crippen molar-refractivity contribution in [3.8, 4) is 0 Å². The van der Waals surface area contributed by atoms with Crippen molar-refractivity contribution in [1.29, 1.82) is 0 Å². The Morgan fingerprint density at radius 2 is 1.93 bits per heavy atom. The molecule has 0 bridgehead atoms. The monoisotopic (exact) mass is 368 g/mol. The van der Waals surface area contributed by atoms with Gasteiger partial charge in [-0.1, -0.05) is 35.9 Å². The van der Waals surface area contributed by atoms with E-state index in [1.165, 1.54) is 23.8 Å². The molecule has 27 heavy (non-hydrogen) atoms. The van der Waals surface area contributed by atoms with Crippen molar-refractivity contribution >= 4 is 11.8 Å². The van der Waals surface area contributed by atoms with Crippen LogP contribution in [-0.4, -0.2) is 29.8 Å². The zero-order chi connectivity index (χ0) is 19.4. The lowest BCUT2D eigenvalue weighted by Crippen LogP contribution is -2.51. The zero-order valence-electron chi connectivity index (χ0n) is 15.8. The van der Waals surface area contributed by atoms with E-state index in [1.54, 1.807) is 11.0 Å². The summed E-state index contributed by atoms with van der Waals surface area (Å²) in [6.07, 6.45) is 1.47. The number of piperidine rings is 1. The van der Waals surface area contributed by atoms with Crippen LogP contribution < -0.4 is 5.32 Å². The molecule has 1 aliphatic heterocycles. The standard InChI is InChI=1S/C22H25FN2O2/c1-16-7-9-17(10-8-16)14-24-21(27)22(2)11-4-12-25(15-22)20(26)18-5-3-6-19(23)13-18/h3,5-10,13H,4,11-12,14-15H2,1-2H3,(H,24,27)/t22-/m0/s1. The Balaban J connectivity index is 1.65. The number of likely N-dealkylation sites (tertiary alicyclic amines) is 1. The topological polar surface area (TPSA) is 49.4 Å². The first-order chi connectivity index (χ1) is 12.9. The maximum Gasteiger partial charge on any atom is 0.253 e.